The van der Waals surface area contributed by atoms with Crippen LogP contribution in [0.2, 0.25) is 0 Å². The van der Waals surface area contributed by atoms with E-state index >= 15 is 0 Å². The standard InChI is InChI=1S/C22H24Br2O4/c1-3-19(15-5-9-17(10-6-15)27-21(25)13-23)20(4-2)16-7-11-18(12-8-16)28-22(26)14-24/h5-12,19-20H,3-4,13-14H2,1-2H3. The Morgan fingerprint density at radius 2 is 1.04 bits per heavy atom. The third kappa shape index (κ3) is 6.17. The lowest BCUT2D eigenvalue weighted by atomic mass is 9.78. The van der Waals surface area contributed by atoms with Crippen LogP contribution in [0.1, 0.15) is 49.7 Å². The highest BCUT2D eigenvalue weighted by molar-refractivity contribution is 9.09. The van der Waals surface area contributed by atoms with E-state index in [0.29, 0.717) is 23.3 Å². The Balaban J connectivity index is 2.18. The Morgan fingerprint density at radius 1 is 0.714 bits per heavy atom. The van der Waals surface area contributed by atoms with E-state index in [1.54, 1.807) is 0 Å². The van der Waals surface area contributed by atoms with Crippen LogP contribution in [0.4, 0.5) is 0 Å². The molecule has 0 fully saturated rings. The Kier molecular flexibility index (Phi) is 9.19. The molecule has 0 aliphatic carbocycles. The number of hydrogen-bond donors (Lipinski definition) is 0. The molecule has 4 nitrogen and oxygen atoms in total. The monoisotopic (exact) mass is 510 g/mol. The first-order chi connectivity index (χ1) is 13.5. The Morgan fingerprint density at radius 3 is 1.29 bits per heavy atom. The summed E-state index contributed by atoms with van der Waals surface area (Å²) in [5, 5.41) is 0.344. The van der Waals surface area contributed by atoms with Gasteiger partial charge in [0.25, 0.3) is 0 Å². The van der Waals surface area contributed by atoms with Crippen molar-refractivity contribution < 1.29 is 19.1 Å². The highest BCUT2D eigenvalue weighted by Crippen LogP contribution is 2.38. The minimum Gasteiger partial charge on any atom is -0.426 e. The first-order valence-corrected chi connectivity index (χ1v) is 11.5. The van der Waals surface area contributed by atoms with Crippen LogP contribution >= 0.6 is 31.9 Å². The SMILES string of the molecule is CCC(c1ccc(OC(=O)CBr)cc1)C(CC)c1ccc(OC(=O)CBr)cc1. The minimum atomic E-state index is -0.313. The molecule has 0 N–H and O–H groups in total. The van der Waals surface area contributed by atoms with E-state index < -0.39 is 0 Å². The maximum Gasteiger partial charge on any atom is 0.321 e. The second-order valence-corrected chi connectivity index (χ2v) is 7.50. The van der Waals surface area contributed by atoms with Crippen molar-refractivity contribution in [2.24, 2.45) is 0 Å². The van der Waals surface area contributed by atoms with Crippen molar-refractivity contribution in [3.63, 3.8) is 0 Å². The Labute approximate surface area is 182 Å². The number of rotatable bonds is 9. The summed E-state index contributed by atoms with van der Waals surface area (Å²) in [4.78, 5) is 22.8. The van der Waals surface area contributed by atoms with E-state index in [-0.39, 0.29) is 22.6 Å². The van der Waals surface area contributed by atoms with E-state index in [4.69, 9.17) is 9.47 Å². The van der Waals surface area contributed by atoms with Crippen LogP contribution in [0, 0.1) is 0 Å². The topological polar surface area (TPSA) is 52.6 Å². The molecule has 0 aliphatic heterocycles. The fourth-order valence-electron chi connectivity index (χ4n) is 3.39. The summed E-state index contributed by atoms with van der Waals surface area (Å²) in [6.07, 6.45) is 1.97. The molecular weight excluding hydrogens is 488 g/mol. The molecule has 150 valence electrons. The molecule has 0 aromatic heterocycles. The van der Waals surface area contributed by atoms with E-state index in [2.05, 4.69) is 45.7 Å². The van der Waals surface area contributed by atoms with Crippen LogP contribution in [-0.4, -0.2) is 22.6 Å². The van der Waals surface area contributed by atoms with Crippen molar-refractivity contribution in [3.8, 4) is 11.5 Å². The van der Waals surface area contributed by atoms with Gasteiger partial charge in [-0.1, -0.05) is 70.0 Å². The molecule has 2 aromatic rings. The molecule has 0 spiro atoms. The first kappa shape index (κ1) is 22.6. The van der Waals surface area contributed by atoms with E-state index in [1.807, 2.05) is 48.5 Å². The van der Waals surface area contributed by atoms with E-state index in [9.17, 15) is 9.59 Å². The summed E-state index contributed by atoms with van der Waals surface area (Å²) in [5.74, 6) is 1.14. The van der Waals surface area contributed by atoms with E-state index in [0.717, 1.165) is 12.8 Å². The summed E-state index contributed by atoms with van der Waals surface area (Å²) >= 11 is 6.19. The molecule has 0 saturated heterocycles. The van der Waals surface area contributed by atoms with Crippen LogP contribution in [0.15, 0.2) is 48.5 Å². The summed E-state index contributed by atoms with van der Waals surface area (Å²) in [7, 11) is 0. The number of halogens is 2. The lowest BCUT2D eigenvalue weighted by Gasteiger charge is -2.26. The highest BCUT2D eigenvalue weighted by Gasteiger charge is 2.22. The minimum absolute atomic E-state index is 0.172. The zero-order chi connectivity index (χ0) is 20.5. The molecule has 2 unspecified atom stereocenters. The van der Waals surface area contributed by atoms with Crippen molar-refractivity contribution in [2.75, 3.05) is 10.7 Å². The second-order valence-electron chi connectivity index (χ2n) is 6.38. The number of ether oxygens (including phenoxy) is 2. The van der Waals surface area contributed by atoms with Gasteiger partial charge in [-0.15, -0.1) is 0 Å². The molecule has 0 bridgehead atoms. The lowest BCUT2D eigenvalue weighted by molar-refractivity contribution is -0.132. The predicted octanol–water partition coefficient (Wildman–Crippen LogP) is 5.97. The van der Waals surface area contributed by atoms with Crippen LogP contribution in [0.5, 0.6) is 11.5 Å². The van der Waals surface area contributed by atoms with Crippen LogP contribution in [-0.2, 0) is 9.59 Å². The van der Waals surface area contributed by atoms with Crippen molar-refractivity contribution >= 4 is 43.8 Å². The molecule has 0 saturated carbocycles. The molecule has 0 amide bonds. The molecule has 0 radical (unpaired) electrons. The Bertz CT molecular complexity index is 705. The van der Waals surface area contributed by atoms with Gasteiger partial charge in [-0.05, 0) is 60.1 Å². The zero-order valence-corrected chi connectivity index (χ0v) is 19.2. The highest BCUT2D eigenvalue weighted by atomic mass is 79.9. The van der Waals surface area contributed by atoms with Gasteiger partial charge in [-0.3, -0.25) is 9.59 Å². The first-order valence-electron chi connectivity index (χ1n) is 9.25. The van der Waals surface area contributed by atoms with Crippen LogP contribution in [0.3, 0.4) is 0 Å². The summed E-state index contributed by atoms with van der Waals surface area (Å²) < 4.78 is 10.5. The molecule has 6 heteroatoms. The quantitative estimate of drug-likeness (QED) is 0.236. The molecular formula is C22H24Br2O4. The van der Waals surface area contributed by atoms with Gasteiger partial charge >= 0.3 is 11.9 Å². The van der Waals surface area contributed by atoms with Crippen LogP contribution in [0.25, 0.3) is 0 Å². The maximum absolute atomic E-state index is 11.4. The molecule has 0 aliphatic rings. The van der Waals surface area contributed by atoms with Crippen molar-refractivity contribution in [2.45, 2.75) is 38.5 Å². The summed E-state index contributed by atoms with van der Waals surface area (Å²) in [6.45, 7) is 4.36. The van der Waals surface area contributed by atoms with Crippen LogP contribution < -0.4 is 9.47 Å². The summed E-state index contributed by atoms with van der Waals surface area (Å²) in [5.41, 5.74) is 2.42. The largest absolute Gasteiger partial charge is 0.426 e. The van der Waals surface area contributed by atoms with Gasteiger partial charge in [0.15, 0.2) is 0 Å². The Hall–Kier alpha value is -1.66. The van der Waals surface area contributed by atoms with Gasteiger partial charge in [0.05, 0.1) is 0 Å². The number of benzene rings is 2. The van der Waals surface area contributed by atoms with Gasteiger partial charge in [0, 0.05) is 0 Å². The van der Waals surface area contributed by atoms with Gasteiger partial charge < -0.3 is 9.47 Å². The number of carbonyl (C=O) groups is 2. The molecule has 2 aromatic carbocycles. The second kappa shape index (κ2) is 11.4. The maximum atomic E-state index is 11.4. The van der Waals surface area contributed by atoms with Gasteiger partial charge in [-0.25, -0.2) is 0 Å². The molecule has 28 heavy (non-hydrogen) atoms. The fraction of sp³-hybridized carbons (Fsp3) is 0.364. The van der Waals surface area contributed by atoms with Gasteiger partial charge in [0.2, 0.25) is 0 Å². The van der Waals surface area contributed by atoms with Crippen molar-refractivity contribution in [1.29, 1.82) is 0 Å². The third-order valence-electron chi connectivity index (χ3n) is 4.66. The average molecular weight is 512 g/mol. The average Bonchev–Trinajstić information content (AvgIpc) is 2.73. The smallest absolute Gasteiger partial charge is 0.321 e. The van der Waals surface area contributed by atoms with E-state index in [1.165, 1.54) is 11.1 Å². The summed E-state index contributed by atoms with van der Waals surface area (Å²) in [6, 6.07) is 15.5. The van der Waals surface area contributed by atoms with Crippen molar-refractivity contribution in [3.05, 3.63) is 59.7 Å². The number of carbonyl (C=O) groups excluding carboxylic acids is 2. The molecule has 0 heterocycles. The zero-order valence-electron chi connectivity index (χ0n) is 16.0. The predicted molar refractivity (Wildman–Crippen MR) is 118 cm³/mol. The number of esters is 2. The third-order valence-corrected chi connectivity index (χ3v) is 5.58. The normalized spacial score (nSPS) is 12.9. The fourth-order valence-corrected chi connectivity index (χ4v) is 3.62. The van der Waals surface area contributed by atoms with Gasteiger partial charge in [0.1, 0.15) is 22.2 Å². The molecule has 2 atom stereocenters. The lowest BCUT2D eigenvalue weighted by Crippen LogP contribution is -2.12. The molecule has 2 rings (SSSR count). The number of alkyl halides is 2. The number of hydrogen-bond acceptors (Lipinski definition) is 4. The van der Waals surface area contributed by atoms with Crippen molar-refractivity contribution in [1.82, 2.24) is 0 Å². The van der Waals surface area contributed by atoms with Gasteiger partial charge in [-0.2, -0.15) is 0 Å².